The lowest BCUT2D eigenvalue weighted by atomic mass is 10.1. The van der Waals surface area contributed by atoms with E-state index in [1.54, 1.807) is 49.6 Å². The van der Waals surface area contributed by atoms with Gasteiger partial charge in [0.05, 0.1) is 7.11 Å². The summed E-state index contributed by atoms with van der Waals surface area (Å²) in [5.41, 5.74) is 1.25. The van der Waals surface area contributed by atoms with Crippen LogP contribution in [-0.2, 0) is 9.53 Å². The number of Topliss-reactive ketones (excluding diaryl/α,β-unsaturated/α-hetero) is 1. The molecule has 0 aromatic heterocycles. The summed E-state index contributed by atoms with van der Waals surface area (Å²) in [6, 6.07) is 11.7. The van der Waals surface area contributed by atoms with Crippen LogP contribution in [0.15, 0.2) is 42.5 Å². The second kappa shape index (κ2) is 8.53. The normalized spacial score (nSPS) is 11.5. The number of methoxy groups -OCH3 is 1. The maximum absolute atomic E-state index is 12.3. The average Bonchev–Trinajstić information content (AvgIpc) is 2.60. The summed E-state index contributed by atoms with van der Waals surface area (Å²) < 4.78 is 15.6. The molecule has 0 bridgehead atoms. The fourth-order valence-corrected chi connectivity index (χ4v) is 2.41. The van der Waals surface area contributed by atoms with Crippen LogP contribution in [0.4, 0.5) is 0 Å². The summed E-state index contributed by atoms with van der Waals surface area (Å²) in [4.78, 5) is 24.2. The standard InChI is InChI=1S/C19H19ClO5/c1-12-10-15(20)6-9-17(12)24-11-18(21)25-13(2)19(22)14-4-7-16(23-3)8-5-14/h4-10,13H,11H2,1-3H3/t13-/m0/s1. The Morgan fingerprint density at radius 1 is 1.12 bits per heavy atom. The van der Waals surface area contributed by atoms with Crippen LogP contribution < -0.4 is 9.47 Å². The number of ketones is 1. The van der Waals surface area contributed by atoms with Gasteiger partial charge in [0, 0.05) is 10.6 Å². The van der Waals surface area contributed by atoms with Crippen molar-refractivity contribution in [3.63, 3.8) is 0 Å². The number of hydrogen-bond acceptors (Lipinski definition) is 5. The van der Waals surface area contributed by atoms with Crippen molar-refractivity contribution in [3.05, 3.63) is 58.6 Å². The Morgan fingerprint density at radius 2 is 1.80 bits per heavy atom. The van der Waals surface area contributed by atoms with Crippen LogP contribution in [0.2, 0.25) is 5.02 Å². The van der Waals surface area contributed by atoms with E-state index in [9.17, 15) is 9.59 Å². The van der Waals surface area contributed by atoms with Crippen molar-refractivity contribution in [2.45, 2.75) is 20.0 Å². The second-order valence-electron chi connectivity index (χ2n) is 5.42. The van der Waals surface area contributed by atoms with Gasteiger partial charge in [0.1, 0.15) is 11.5 Å². The Morgan fingerprint density at radius 3 is 2.40 bits per heavy atom. The summed E-state index contributed by atoms with van der Waals surface area (Å²) in [5, 5.41) is 0.589. The van der Waals surface area contributed by atoms with Gasteiger partial charge in [-0.25, -0.2) is 4.79 Å². The van der Waals surface area contributed by atoms with Gasteiger partial charge in [-0.05, 0) is 61.9 Å². The van der Waals surface area contributed by atoms with Gasteiger partial charge < -0.3 is 14.2 Å². The number of benzene rings is 2. The third kappa shape index (κ3) is 5.22. The van der Waals surface area contributed by atoms with Crippen LogP contribution in [0.5, 0.6) is 11.5 Å². The first-order valence-electron chi connectivity index (χ1n) is 7.67. The molecule has 0 amide bonds. The van der Waals surface area contributed by atoms with E-state index in [-0.39, 0.29) is 12.4 Å². The molecule has 5 nitrogen and oxygen atoms in total. The summed E-state index contributed by atoms with van der Waals surface area (Å²) in [6.45, 7) is 3.06. The topological polar surface area (TPSA) is 61.8 Å². The van der Waals surface area contributed by atoms with Gasteiger partial charge in [-0.1, -0.05) is 11.6 Å². The molecule has 0 spiro atoms. The fourth-order valence-electron chi connectivity index (χ4n) is 2.19. The molecule has 0 aliphatic heterocycles. The Bertz CT molecular complexity index is 755. The molecule has 2 aromatic carbocycles. The third-order valence-electron chi connectivity index (χ3n) is 3.53. The highest BCUT2D eigenvalue weighted by atomic mass is 35.5. The first-order valence-corrected chi connectivity index (χ1v) is 8.05. The van der Waals surface area contributed by atoms with Crippen LogP contribution in [-0.4, -0.2) is 31.6 Å². The molecule has 0 aliphatic carbocycles. The van der Waals surface area contributed by atoms with Gasteiger partial charge in [0.2, 0.25) is 5.78 Å². The van der Waals surface area contributed by atoms with Crippen LogP contribution in [0.25, 0.3) is 0 Å². The number of hydrogen-bond donors (Lipinski definition) is 0. The van der Waals surface area contributed by atoms with Crippen LogP contribution >= 0.6 is 11.6 Å². The van der Waals surface area contributed by atoms with E-state index >= 15 is 0 Å². The minimum Gasteiger partial charge on any atom is -0.497 e. The van der Waals surface area contributed by atoms with E-state index in [2.05, 4.69) is 0 Å². The minimum atomic E-state index is -0.907. The van der Waals surface area contributed by atoms with E-state index in [0.717, 1.165) is 5.56 Å². The quantitative estimate of drug-likeness (QED) is 0.553. The Labute approximate surface area is 151 Å². The monoisotopic (exact) mass is 362 g/mol. The molecule has 2 aromatic rings. The molecule has 0 saturated carbocycles. The van der Waals surface area contributed by atoms with Crippen molar-refractivity contribution in [1.29, 1.82) is 0 Å². The zero-order chi connectivity index (χ0) is 18.4. The van der Waals surface area contributed by atoms with Crippen LogP contribution in [0.3, 0.4) is 0 Å². The van der Waals surface area contributed by atoms with E-state index in [1.165, 1.54) is 6.92 Å². The number of carbonyl (C=O) groups is 2. The Hall–Kier alpha value is -2.53. The summed E-state index contributed by atoms with van der Waals surface area (Å²) >= 11 is 5.87. The number of halogens is 1. The van der Waals surface area contributed by atoms with Crippen molar-refractivity contribution in [2.75, 3.05) is 13.7 Å². The highest BCUT2D eigenvalue weighted by Crippen LogP contribution is 2.21. The molecule has 2 rings (SSSR count). The maximum Gasteiger partial charge on any atom is 0.344 e. The van der Waals surface area contributed by atoms with Gasteiger partial charge in [-0.3, -0.25) is 4.79 Å². The lowest BCUT2D eigenvalue weighted by Gasteiger charge is -2.14. The number of rotatable bonds is 7. The summed E-state index contributed by atoms with van der Waals surface area (Å²) in [6.07, 6.45) is -0.907. The van der Waals surface area contributed by atoms with Gasteiger partial charge in [-0.15, -0.1) is 0 Å². The van der Waals surface area contributed by atoms with Crippen molar-refractivity contribution >= 4 is 23.4 Å². The lowest BCUT2D eigenvalue weighted by molar-refractivity contribution is -0.148. The van der Waals surface area contributed by atoms with Crippen molar-refractivity contribution < 1.29 is 23.8 Å². The van der Waals surface area contributed by atoms with Crippen LogP contribution in [0, 0.1) is 6.92 Å². The molecule has 132 valence electrons. The lowest BCUT2D eigenvalue weighted by Crippen LogP contribution is -2.27. The zero-order valence-electron chi connectivity index (χ0n) is 14.2. The molecule has 0 unspecified atom stereocenters. The molecule has 6 heteroatoms. The first-order chi connectivity index (χ1) is 11.9. The maximum atomic E-state index is 12.3. The predicted octanol–water partition coefficient (Wildman–Crippen LogP) is 3.85. The molecular weight excluding hydrogens is 344 g/mol. The van der Waals surface area contributed by atoms with Crippen molar-refractivity contribution in [1.82, 2.24) is 0 Å². The number of carbonyl (C=O) groups excluding carboxylic acids is 2. The molecule has 0 saturated heterocycles. The van der Waals surface area contributed by atoms with Crippen LogP contribution in [0.1, 0.15) is 22.8 Å². The largest absolute Gasteiger partial charge is 0.497 e. The van der Waals surface area contributed by atoms with Gasteiger partial charge in [-0.2, -0.15) is 0 Å². The fraction of sp³-hybridized carbons (Fsp3) is 0.263. The van der Waals surface area contributed by atoms with Gasteiger partial charge in [0.15, 0.2) is 12.7 Å². The SMILES string of the molecule is COc1ccc(C(=O)[C@H](C)OC(=O)COc2ccc(Cl)cc2C)cc1. The van der Waals surface area contributed by atoms with E-state index in [0.29, 0.717) is 22.1 Å². The predicted molar refractivity (Wildman–Crippen MR) is 94.6 cm³/mol. The van der Waals surface area contributed by atoms with E-state index in [4.69, 9.17) is 25.8 Å². The Kier molecular flexibility index (Phi) is 6.42. The van der Waals surface area contributed by atoms with Crippen molar-refractivity contribution in [3.8, 4) is 11.5 Å². The first kappa shape index (κ1) is 18.8. The molecule has 0 fully saturated rings. The molecule has 0 N–H and O–H groups in total. The van der Waals surface area contributed by atoms with Gasteiger partial charge >= 0.3 is 5.97 Å². The molecule has 25 heavy (non-hydrogen) atoms. The highest BCUT2D eigenvalue weighted by Gasteiger charge is 2.20. The number of esters is 1. The number of aryl methyl sites for hydroxylation is 1. The minimum absolute atomic E-state index is 0.289. The second-order valence-corrected chi connectivity index (χ2v) is 5.86. The van der Waals surface area contributed by atoms with Gasteiger partial charge in [0.25, 0.3) is 0 Å². The average molecular weight is 363 g/mol. The van der Waals surface area contributed by atoms with E-state index in [1.807, 2.05) is 6.92 Å². The van der Waals surface area contributed by atoms with Crippen molar-refractivity contribution in [2.24, 2.45) is 0 Å². The van der Waals surface area contributed by atoms with E-state index < -0.39 is 12.1 Å². The smallest absolute Gasteiger partial charge is 0.344 e. The highest BCUT2D eigenvalue weighted by molar-refractivity contribution is 6.30. The summed E-state index contributed by atoms with van der Waals surface area (Å²) in [5.74, 6) is 0.269. The molecule has 0 aliphatic rings. The number of ether oxygens (including phenoxy) is 3. The Balaban J connectivity index is 1.89. The molecule has 0 radical (unpaired) electrons. The third-order valence-corrected chi connectivity index (χ3v) is 3.77. The molecule has 1 atom stereocenters. The molecule has 0 heterocycles. The summed E-state index contributed by atoms with van der Waals surface area (Å²) in [7, 11) is 1.55. The zero-order valence-corrected chi connectivity index (χ0v) is 15.0. The molecular formula is C19H19ClO5.